The molecule has 0 saturated heterocycles. The lowest BCUT2D eigenvalue weighted by atomic mass is 10.0. The van der Waals surface area contributed by atoms with E-state index in [2.05, 4.69) is 17.2 Å². The predicted molar refractivity (Wildman–Crippen MR) is 92.8 cm³/mol. The molecule has 2 rings (SSSR count). The van der Waals surface area contributed by atoms with E-state index in [1.807, 2.05) is 24.3 Å². The Bertz CT molecular complexity index is 657. The Hall–Kier alpha value is -2.07. The van der Waals surface area contributed by atoms with Gasteiger partial charge >= 0.3 is 0 Å². The summed E-state index contributed by atoms with van der Waals surface area (Å²) in [5.41, 5.74) is 8.98. The zero-order valence-corrected chi connectivity index (χ0v) is 13.6. The third-order valence-electron chi connectivity index (χ3n) is 3.40. The highest BCUT2D eigenvalue weighted by atomic mass is 35.5. The number of nitrogens with zero attached hydrogens (tertiary/aromatic N) is 1. The summed E-state index contributed by atoms with van der Waals surface area (Å²) in [7, 11) is 0. The molecule has 4 nitrogen and oxygen atoms in total. The van der Waals surface area contributed by atoms with Crippen LogP contribution in [-0.2, 0) is 4.79 Å². The fraction of sp³-hybridized carbons (Fsp3) is 0.294. The summed E-state index contributed by atoms with van der Waals surface area (Å²) in [6.07, 6.45) is 3.97. The summed E-state index contributed by atoms with van der Waals surface area (Å²) in [4.78, 5) is 16.2. The van der Waals surface area contributed by atoms with Gasteiger partial charge in [0.1, 0.15) is 5.03 Å². The van der Waals surface area contributed by atoms with Crippen LogP contribution in [0.5, 0.6) is 0 Å². The molecule has 1 aromatic rings. The fourth-order valence-electron chi connectivity index (χ4n) is 2.05. The molecule has 0 aliphatic heterocycles. The first kappa shape index (κ1) is 16.3. The van der Waals surface area contributed by atoms with Gasteiger partial charge in [0.05, 0.1) is 17.1 Å². The molecule has 5 heteroatoms. The van der Waals surface area contributed by atoms with E-state index in [1.165, 1.54) is 0 Å². The summed E-state index contributed by atoms with van der Waals surface area (Å²) in [5.74, 6) is -0.242. The third-order valence-corrected chi connectivity index (χ3v) is 3.77. The van der Waals surface area contributed by atoms with Crippen molar-refractivity contribution < 1.29 is 4.79 Å². The van der Waals surface area contributed by atoms with Crippen LogP contribution < -0.4 is 11.1 Å². The molecule has 3 N–H and O–H groups in total. The maximum absolute atomic E-state index is 11.7. The molecule has 0 bridgehead atoms. The summed E-state index contributed by atoms with van der Waals surface area (Å²) in [5, 5.41) is 3.38. The van der Waals surface area contributed by atoms with Crippen molar-refractivity contribution in [3.05, 3.63) is 46.6 Å². The smallest absolute Gasteiger partial charge is 0.202 e. The van der Waals surface area contributed by atoms with Crippen molar-refractivity contribution in [3.63, 3.8) is 0 Å². The molecule has 0 unspecified atom stereocenters. The molecule has 0 fully saturated rings. The van der Waals surface area contributed by atoms with Crippen LogP contribution in [0.2, 0.25) is 0 Å². The lowest BCUT2D eigenvalue weighted by Crippen LogP contribution is -2.20. The number of nitrogens with two attached hydrogens (primary N) is 1. The quantitative estimate of drug-likeness (QED) is 0.639. The Balaban J connectivity index is 2.17. The van der Waals surface area contributed by atoms with E-state index in [1.54, 1.807) is 13.0 Å². The van der Waals surface area contributed by atoms with Crippen LogP contribution in [0.15, 0.2) is 51.6 Å². The number of unbranched alkanes of at least 4 members (excludes halogenated alkanes) is 1. The van der Waals surface area contributed by atoms with Crippen molar-refractivity contribution in [2.45, 2.75) is 26.7 Å². The molecule has 1 aliphatic rings. The molecule has 0 heterocycles. The van der Waals surface area contributed by atoms with Gasteiger partial charge in [-0.25, -0.2) is 4.99 Å². The molecule has 1 aromatic carbocycles. The minimum absolute atomic E-state index is 0.0385. The highest BCUT2D eigenvalue weighted by Gasteiger charge is 2.21. The zero-order chi connectivity index (χ0) is 16.1. The number of nitrogens with one attached hydrogen (secondary N) is 1. The lowest BCUT2D eigenvalue weighted by Gasteiger charge is -2.12. The molecule has 0 amide bonds. The first-order valence-electron chi connectivity index (χ1n) is 7.34. The van der Waals surface area contributed by atoms with Crippen LogP contribution >= 0.6 is 11.6 Å². The van der Waals surface area contributed by atoms with Gasteiger partial charge in [-0.15, -0.1) is 0 Å². The van der Waals surface area contributed by atoms with Crippen molar-refractivity contribution in [1.29, 1.82) is 0 Å². The van der Waals surface area contributed by atoms with Crippen molar-refractivity contribution in [2.24, 2.45) is 10.7 Å². The molecule has 116 valence electrons. The molecule has 0 saturated carbocycles. The highest BCUT2D eigenvalue weighted by molar-refractivity contribution is 6.49. The molecule has 0 aromatic heterocycles. The molecule has 0 atom stereocenters. The Kier molecular flexibility index (Phi) is 5.39. The maximum Gasteiger partial charge on any atom is 0.202 e. The van der Waals surface area contributed by atoms with Gasteiger partial charge in [0.2, 0.25) is 5.78 Å². The zero-order valence-electron chi connectivity index (χ0n) is 12.8. The Morgan fingerprint density at radius 1 is 1.27 bits per heavy atom. The van der Waals surface area contributed by atoms with E-state index in [9.17, 15) is 4.79 Å². The number of halogens is 1. The first-order chi connectivity index (χ1) is 10.5. The van der Waals surface area contributed by atoms with Crippen LogP contribution in [0.4, 0.5) is 11.4 Å². The van der Waals surface area contributed by atoms with Crippen molar-refractivity contribution in [1.82, 2.24) is 0 Å². The number of anilines is 1. The highest BCUT2D eigenvalue weighted by Crippen LogP contribution is 2.23. The summed E-state index contributed by atoms with van der Waals surface area (Å²) in [6.45, 7) is 4.82. The van der Waals surface area contributed by atoms with E-state index < -0.39 is 0 Å². The van der Waals surface area contributed by atoms with Gasteiger partial charge < -0.3 is 11.1 Å². The largest absolute Gasteiger partial charge is 0.396 e. The van der Waals surface area contributed by atoms with Crippen LogP contribution in [0, 0.1) is 0 Å². The number of carbonyl (C=O) groups is 1. The van der Waals surface area contributed by atoms with Crippen LogP contribution in [0.25, 0.3) is 0 Å². The van der Waals surface area contributed by atoms with Gasteiger partial charge in [-0.05, 0) is 43.7 Å². The minimum atomic E-state index is -0.242. The van der Waals surface area contributed by atoms with E-state index in [-0.39, 0.29) is 16.5 Å². The van der Waals surface area contributed by atoms with Gasteiger partial charge in [0, 0.05) is 17.8 Å². The fourth-order valence-corrected chi connectivity index (χ4v) is 2.30. The number of aliphatic imine (C=N–C) groups is 1. The Morgan fingerprint density at radius 2 is 1.95 bits per heavy atom. The van der Waals surface area contributed by atoms with E-state index in [0.717, 1.165) is 30.8 Å². The summed E-state index contributed by atoms with van der Waals surface area (Å²) in [6, 6.07) is 7.76. The van der Waals surface area contributed by atoms with Crippen LogP contribution in [-0.4, -0.2) is 18.0 Å². The number of benzene rings is 1. The number of hydrogen-bond donors (Lipinski definition) is 2. The molecular weight excluding hydrogens is 298 g/mol. The Labute approximate surface area is 135 Å². The van der Waals surface area contributed by atoms with Crippen LogP contribution in [0.1, 0.15) is 26.7 Å². The van der Waals surface area contributed by atoms with Gasteiger partial charge in [-0.1, -0.05) is 24.9 Å². The second kappa shape index (κ2) is 7.27. The van der Waals surface area contributed by atoms with Crippen molar-refractivity contribution in [2.75, 3.05) is 11.9 Å². The average Bonchev–Trinajstić information content (AvgIpc) is 2.52. The maximum atomic E-state index is 11.7. The summed E-state index contributed by atoms with van der Waals surface area (Å²) < 4.78 is 0. The molecule has 0 spiro atoms. The second-order valence-electron chi connectivity index (χ2n) is 5.21. The minimum Gasteiger partial charge on any atom is -0.396 e. The molecule has 1 aliphatic carbocycles. The number of ketones is 1. The van der Waals surface area contributed by atoms with E-state index in [4.69, 9.17) is 17.3 Å². The first-order valence-corrected chi connectivity index (χ1v) is 7.72. The molecular formula is C17H20ClN3O. The van der Waals surface area contributed by atoms with E-state index >= 15 is 0 Å². The number of hydrogen-bond acceptors (Lipinski definition) is 4. The van der Waals surface area contributed by atoms with Gasteiger partial charge in [0.25, 0.3) is 0 Å². The monoisotopic (exact) mass is 317 g/mol. The topological polar surface area (TPSA) is 67.5 Å². The van der Waals surface area contributed by atoms with Crippen molar-refractivity contribution >= 4 is 34.5 Å². The van der Waals surface area contributed by atoms with E-state index in [0.29, 0.717) is 11.3 Å². The summed E-state index contributed by atoms with van der Waals surface area (Å²) >= 11 is 5.94. The number of carbonyl (C=O) groups excluding carboxylic acids is 1. The lowest BCUT2D eigenvalue weighted by molar-refractivity contribution is -0.111. The number of Topliss-reactive ketones (excluding diaryl/α,β-unsaturated/α-hetero) is 1. The normalized spacial score (nSPS) is 17.0. The number of allylic oxidation sites excluding steroid dienone is 3. The van der Waals surface area contributed by atoms with Crippen LogP contribution in [0.3, 0.4) is 0 Å². The van der Waals surface area contributed by atoms with Crippen molar-refractivity contribution in [3.8, 4) is 0 Å². The van der Waals surface area contributed by atoms with Gasteiger partial charge in [-0.2, -0.15) is 0 Å². The predicted octanol–water partition coefficient (Wildman–Crippen LogP) is 3.91. The standard InChI is InChI=1S/C17H20ClN3O/c1-3-4-9-20-12-5-7-13(8-6-12)21-14-10-11(2)17(22)15(18)16(14)19/h5-8,10,20H,3-4,9,19H2,1-2H3. The SMILES string of the molecule is CCCCNc1ccc(N=C2C=C(C)C(=O)C(Cl)=C2N)cc1. The second-order valence-corrected chi connectivity index (χ2v) is 5.59. The molecule has 0 radical (unpaired) electrons. The molecule has 22 heavy (non-hydrogen) atoms. The van der Waals surface area contributed by atoms with Gasteiger partial charge in [0.15, 0.2) is 0 Å². The van der Waals surface area contributed by atoms with Gasteiger partial charge in [-0.3, -0.25) is 4.79 Å². The number of rotatable bonds is 5. The Morgan fingerprint density at radius 3 is 2.59 bits per heavy atom. The average molecular weight is 318 g/mol. The third kappa shape index (κ3) is 3.77.